The third kappa shape index (κ3) is 4.46. The summed E-state index contributed by atoms with van der Waals surface area (Å²) in [6.07, 6.45) is 8.38. The van der Waals surface area contributed by atoms with Crippen LogP contribution in [0.15, 0.2) is 42.6 Å². The molecule has 0 bridgehead atoms. The van der Waals surface area contributed by atoms with Crippen molar-refractivity contribution in [3.8, 4) is 0 Å². The lowest BCUT2D eigenvalue weighted by Crippen LogP contribution is -2.37. The highest BCUT2D eigenvalue weighted by Gasteiger charge is 2.26. The first-order valence-electron chi connectivity index (χ1n) is 10.8. The molecule has 1 aromatic heterocycles. The number of anilines is 1. The molecule has 2 fully saturated rings. The van der Waals surface area contributed by atoms with Gasteiger partial charge in [-0.05, 0) is 37.2 Å². The number of nitrogens with zero attached hydrogens (tertiary/aromatic N) is 3. The van der Waals surface area contributed by atoms with E-state index in [0.29, 0.717) is 12.0 Å². The van der Waals surface area contributed by atoms with E-state index in [1.807, 2.05) is 16.9 Å². The number of rotatable bonds is 6. The van der Waals surface area contributed by atoms with Gasteiger partial charge in [0.1, 0.15) is 5.82 Å². The molecule has 1 saturated heterocycles. The minimum Gasteiger partial charge on any atom is -0.311 e. The van der Waals surface area contributed by atoms with Crippen LogP contribution in [0.1, 0.15) is 63.0 Å². The first kappa shape index (κ1) is 19.2. The van der Waals surface area contributed by atoms with Crippen molar-refractivity contribution in [1.82, 2.24) is 14.7 Å². The van der Waals surface area contributed by atoms with Crippen LogP contribution in [-0.4, -0.2) is 40.2 Å². The van der Waals surface area contributed by atoms with Crippen molar-refractivity contribution in [2.45, 2.75) is 57.4 Å². The van der Waals surface area contributed by atoms with Gasteiger partial charge >= 0.3 is 0 Å². The molecule has 2 aliphatic rings. The Bertz CT molecular complexity index is 758. The van der Waals surface area contributed by atoms with Gasteiger partial charge in [0.2, 0.25) is 5.91 Å². The smallest absolute Gasteiger partial charge is 0.228 e. The molecule has 5 heteroatoms. The normalized spacial score (nSPS) is 20.3. The molecule has 4 rings (SSSR count). The molecule has 0 unspecified atom stereocenters. The molecule has 1 N–H and O–H groups in total. The second kappa shape index (κ2) is 8.91. The summed E-state index contributed by atoms with van der Waals surface area (Å²) in [5.74, 6) is 1.77. The molecule has 0 radical (unpaired) electrons. The van der Waals surface area contributed by atoms with Crippen LogP contribution in [-0.2, 0) is 4.79 Å². The van der Waals surface area contributed by atoms with Crippen LogP contribution < -0.4 is 5.32 Å². The van der Waals surface area contributed by atoms with Crippen molar-refractivity contribution in [3.05, 3.63) is 48.2 Å². The van der Waals surface area contributed by atoms with E-state index < -0.39 is 0 Å². The van der Waals surface area contributed by atoms with Crippen LogP contribution in [0.4, 0.5) is 5.82 Å². The van der Waals surface area contributed by atoms with Crippen LogP contribution in [0.3, 0.4) is 0 Å². The molecule has 1 amide bonds. The number of nitrogens with one attached hydrogen (secondary N) is 1. The predicted molar refractivity (Wildman–Crippen MR) is 112 cm³/mol. The van der Waals surface area contributed by atoms with Crippen molar-refractivity contribution in [2.24, 2.45) is 5.92 Å². The largest absolute Gasteiger partial charge is 0.311 e. The van der Waals surface area contributed by atoms with Crippen molar-refractivity contribution >= 4 is 11.7 Å². The Hall–Kier alpha value is -2.14. The van der Waals surface area contributed by atoms with E-state index in [4.69, 9.17) is 0 Å². The van der Waals surface area contributed by atoms with Gasteiger partial charge in [-0.2, -0.15) is 5.10 Å². The predicted octanol–water partition coefficient (Wildman–Crippen LogP) is 4.45. The van der Waals surface area contributed by atoms with Gasteiger partial charge in [-0.3, -0.25) is 4.79 Å². The summed E-state index contributed by atoms with van der Waals surface area (Å²) in [4.78, 5) is 15.1. The zero-order chi connectivity index (χ0) is 19.3. The minimum atomic E-state index is 0.174. The highest BCUT2D eigenvalue weighted by Crippen LogP contribution is 2.29. The number of benzene rings is 1. The third-order valence-electron chi connectivity index (χ3n) is 6.45. The van der Waals surface area contributed by atoms with Crippen LogP contribution >= 0.6 is 0 Å². The Morgan fingerprint density at radius 3 is 2.54 bits per heavy atom. The Labute approximate surface area is 168 Å². The molecule has 0 spiro atoms. The zero-order valence-corrected chi connectivity index (χ0v) is 16.9. The Kier molecular flexibility index (Phi) is 6.10. The van der Waals surface area contributed by atoms with E-state index >= 15 is 0 Å². The highest BCUT2D eigenvalue weighted by atomic mass is 16.2. The molecule has 2 heterocycles. The van der Waals surface area contributed by atoms with Gasteiger partial charge in [-0.1, -0.05) is 50.1 Å². The van der Waals surface area contributed by atoms with E-state index in [9.17, 15) is 4.79 Å². The average molecular weight is 381 g/mol. The van der Waals surface area contributed by atoms with Gasteiger partial charge in [-0.25, -0.2) is 4.68 Å². The van der Waals surface area contributed by atoms with E-state index in [1.165, 1.54) is 18.4 Å². The lowest BCUT2D eigenvalue weighted by atomic mass is 9.98. The number of hydrogen-bond acceptors (Lipinski definition) is 3. The molecule has 1 aromatic carbocycles. The van der Waals surface area contributed by atoms with Gasteiger partial charge in [0.25, 0.3) is 0 Å². The Balaban J connectivity index is 1.30. The summed E-state index contributed by atoms with van der Waals surface area (Å²) in [6, 6.07) is 13.1. The fourth-order valence-electron chi connectivity index (χ4n) is 4.74. The van der Waals surface area contributed by atoms with E-state index in [2.05, 4.69) is 52.6 Å². The van der Waals surface area contributed by atoms with E-state index in [1.54, 1.807) is 0 Å². The summed E-state index contributed by atoms with van der Waals surface area (Å²) in [5, 5.41) is 7.68. The number of aromatic nitrogens is 2. The summed E-state index contributed by atoms with van der Waals surface area (Å²) in [6.45, 7) is 5.57. The Morgan fingerprint density at radius 1 is 1.11 bits per heavy atom. The van der Waals surface area contributed by atoms with Crippen LogP contribution in [0, 0.1) is 5.92 Å². The van der Waals surface area contributed by atoms with Crippen LogP contribution in [0.2, 0.25) is 0 Å². The van der Waals surface area contributed by atoms with E-state index in [0.717, 1.165) is 51.1 Å². The molecule has 1 atom stereocenters. The molecule has 5 nitrogen and oxygen atoms in total. The average Bonchev–Trinajstić information content (AvgIpc) is 3.41. The summed E-state index contributed by atoms with van der Waals surface area (Å²) in [5.41, 5.74) is 1.41. The van der Waals surface area contributed by atoms with Crippen molar-refractivity contribution < 1.29 is 4.79 Å². The van der Waals surface area contributed by atoms with Gasteiger partial charge < -0.3 is 10.2 Å². The maximum absolute atomic E-state index is 12.5. The first-order chi connectivity index (χ1) is 13.7. The molecular weight excluding hydrogens is 348 g/mol. The topological polar surface area (TPSA) is 50.2 Å². The standard InChI is InChI=1S/C23H32N4O/c1-18(19-7-3-2-4-8-19)17-26-15-12-21(13-16-26)27-22(11-14-24-27)25-23(28)20-9-5-6-10-20/h2-4,7-8,11,14,18,20-21H,5-6,9-10,12-13,15-17H2,1H3,(H,25,28)/t18-/m0/s1. The van der Waals surface area contributed by atoms with Gasteiger partial charge in [0, 0.05) is 31.6 Å². The maximum Gasteiger partial charge on any atom is 0.228 e. The summed E-state index contributed by atoms with van der Waals surface area (Å²) < 4.78 is 2.05. The zero-order valence-electron chi connectivity index (χ0n) is 16.9. The van der Waals surface area contributed by atoms with Crippen molar-refractivity contribution in [3.63, 3.8) is 0 Å². The first-order valence-corrected chi connectivity index (χ1v) is 10.8. The number of likely N-dealkylation sites (tertiary alicyclic amines) is 1. The summed E-state index contributed by atoms with van der Waals surface area (Å²) in [7, 11) is 0. The number of piperidine rings is 1. The summed E-state index contributed by atoms with van der Waals surface area (Å²) >= 11 is 0. The molecule has 2 aromatic rings. The SMILES string of the molecule is C[C@@H](CN1CCC(n2nccc2NC(=O)C2CCCC2)CC1)c1ccccc1. The monoisotopic (exact) mass is 380 g/mol. The maximum atomic E-state index is 12.5. The number of carbonyl (C=O) groups is 1. The second-order valence-corrected chi connectivity index (χ2v) is 8.48. The van der Waals surface area contributed by atoms with Crippen molar-refractivity contribution in [1.29, 1.82) is 0 Å². The number of carbonyl (C=O) groups excluding carboxylic acids is 1. The lowest BCUT2D eigenvalue weighted by molar-refractivity contribution is -0.119. The van der Waals surface area contributed by atoms with Crippen LogP contribution in [0.5, 0.6) is 0 Å². The number of hydrogen-bond donors (Lipinski definition) is 1. The fraction of sp³-hybridized carbons (Fsp3) is 0.565. The molecule has 1 aliphatic heterocycles. The Morgan fingerprint density at radius 2 is 1.82 bits per heavy atom. The lowest BCUT2D eigenvalue weighted by Gasteiger charge is -2.34. The van der Waals surface area contributed by atoms with E-state index in [-0.39, 0.29) is 11.8 Å². The highest BCUT2D eigenvalue weighted by molar-refractivity contribution is 5.91. The third-order valence-corrected chi connectivity index (χ3v) is 6.45. The molecule has 150 valence electrons. The minimum absolute atomic E-state index is 0.174. The number of amides is 1. The van der Waals surface area contributed by atoms with Gasteiger partial charge in [-0.15, -0.1) is 0 Å². The fourth-order valence-corrected chi connectivity index (χ4v) is 4.74. The molecule has 28 heavy (non-hydrogen) atoms. The van der Waals surface area contributed by atoms with Gasteiger partial charge in [0.05, 0.1) is 12.2 Å². The van der Waals surface area contributed by atoms with Crippen LogP contribution in [0.25, 0.3) is 0 Å². The second-order valence-electron chi connectivity index (χ2n) is 8.48. The quantitative estimate of drug-likeness (QED) is 0.805. The van der Waals surface area contributed by atoms with Crippen molar-refractivity contribution in [2.75, 3.05) is 25.0 Å². The molecule has 1 saturated carbocycles. The molecule has 1 aliphatic carbocycles. The van der Waals surface area contributed by atoms with Gasteiger partial charge in [0.15, 0.2) is 0 Å². The molecular formula is C23H32N4O.